The zero-order chi connectivity index (χ0) is 14.4. The maximum absolute atomic E-state index is 12.0. The molecule has 1 aromatic rings. The Morgan fingerprint density at radius 3 is 2.68 bits per heavy atom. The molecular formula is C13H19N3O3. The predicted octanol–water partition coefficient (Wildman–Crippen LogP) is 1.13. The van der Waals surface area contributed by atoms with Gasteiger partial charge in [-0.25, -0.2) is 9.78 Å². The van der Waals surface area contributed by atoms with Crippen LogP contribution >= 0.6 is 0 Å². The van der Waals surface area contributed by atoms with Crippen LogP contribution in [-0.4, -0.2) is 42.1 Å². The number of hydrogen-bond donors (Lipinski definition) is 2. The molecule has 0 unspecified atom stereocenters. The molecule has 0 saturated carbocycles. The molecule has 6 nitrogen and oxygen atoms in total. The molecule has 0 spiro atoms. The fourth-order valence-corrected chi connectivity index (χ4v) is 1.59. The van der Waals surface area contributed by atoms with E-state index in [9.17, 15) is 9.59 Å². The van der Waals surface area contributed by atoms with Gasteiger partial charge < -0.3 is 15.3 Å². The van der Waals surface area contributed by atoms with Crippen LogP contribution in [0.25, 0.3) is 0 Å². The highest BCUT2D eigenvalue weighted by Gasteiger charge is 2.19. The smallest absolute Gasteiger partial charge is 0.326 e. The zero-order valence-corrected chi connectivity index (χ0v) is 11.4. The van der Waals surface area contributed by atoms with Crippen molar-refractivity contribution in [3.05, 3.63) is 23.9 Å². The summed E-state index contributed by atoms with van der Waals surface area (Å²) in [6.07, 6.45) is 2.63. The first kappa shape index (κ1) is 14.9. The maximum atomic E-state index is 12.0. The number of carbonyl (C=O) groups is 2. The monoisotopic (exact) mass is 265 g/mol. The molecule has 0 radical (unpaired) electrons. The average Bonchev–Trinajstić information content (AvgIpc) is 2.38. The van der Waals surface area contributed by atoms with Crippen molar-refractivity contribution in [3.8, 4) is 0 Å². The number of aliphatic carboxylic acids is 1. The molecule has 1 atom stereocenters. The Morgan fingerprint density at radius 2 is 2.16 bits per heavy atom. The molecule has 0 bridgehead atoms. The molecule has 0 aromatic carbocycles. The van der Waals surface area contributed by atoms with Gasteiger partial charge in [0, 0.05) is 25.9 Å². The topological polar surface area (TPSA) is 82.5 Å². The highest BCUT2D eigenvalue weighted by molar-refractivity contribution is 5.97. The second kappa shape index (κ2) is 6.72. The molecule has 0 aliphatic carbocycles. The zero-order valence-electron chi connectivity index (χ0n) is 11.4. The highest BCUT2D eigenvalue weighted by atomic mass is 16.4. The Bertz CT molecular complexity index is 460. The number of nitrogens with one attached hydrogen (secondary N) is 1. The van der Waals surface area contributed by atoms with Gasteiger partial charge in [-0.2, -0.15) is 0 Å². The van der Waals surface area contributed by atoms with Crippen molar-refractivity contribution >= 4 is 17.7 Å². The van der Waals surface area contributed by atoms with E-state index in [1.165, 1.54) is 6.20 Å². The molecule has 0 fully saturated rings. The third-order valence-corrected chi connectivity index (χ3v) is 2.65. The van der Waals surface area contributed by atoms with Crippen LogP contribution in [0.1, 0.15) is 30.1 Å². The molecule has 0 aliphatic rings. The summed E-state index contributed by atoms with van der Waals surface area (Å²) < 4.78 is 0. The van der Waals surface area contributed by atoms with Gasteiger partial charge >= 0.3 is 5.97 Å². The van der Waals surface area contributed by atoms with E-state index in [4.69, 9.17) is 5.11 Å². The number of hydrogen-bond acceptors (Lipinski definition) is 4. The molecule has 1 aromatic heterocycles. The fourth-order valence-electron chi connectivity index (χ4n) is 1.59. The van der Waals surface area contributed by atoms with Gasteiger partial charge in [0.25, 0.3) is 5.91 Å². The lowest BCUT2D eigenvalue weighted by Crippen LogP contribution is -2.40. The molecule has 1 amide bonds. The molecular weight excluding hydrogens is 246 g/mol. The maximum Gasteiger partial charge on any atom is 0.326 e. The van der Waals surface area contributed by atoms with Gasteiger partial charge in [-0.3, -0.25) is 4.79 Å². The summed E-state index contributed by atoms with van der Waals surface area (Å²) in [6, 6.07) is 2.33. The number of amides is 1. The second-order valence-electron chi connectivity index (χ2n) is 4.45. The van der Waals surface area contributed by atoms with E-state index in [1.807, 2.05) is 21.0 Å². The van der Waals surface area contributed by atoms with E-state index in [-0.39, 0.29) is 0 Å². The normalized spacial score (nSPS) is 11.7. The third-order valence-electron chi connectivity index (χ3n) is 2.65. The average molecular weight is 265 g/mol. The number of pyridine rings is 1. The van der Waals surface area contributed by atoms with Crippen LogP contribution in [0.2, 0.25) is 0 Å². The van der Waals surface area contributed by atoms with E-state index >= 15 is 0 Å². The van der Waals surface area contributed by atoms with Crippen molar-refractivity contribution < 1.29 is 14.7 Å². The van der Waals surface area contributed by atoms with Crippen LogP contribution in [-0.2, 0) is 4.79 Å². The quantitative estimate of drug-likeness (QED) is 0.805. The van der Waals surface area contributed by atoms with Crippen molar-refractivity contribution in [3.63, 3.8) is 0 Å². The first-order valence-electron chi connectivity index (χ1n) is 6.12. The van der Waals surface area contributed by atoms with Crippen LogP contribution in [0.5, 0.6) is 0 Å². The lowest BCUT2D eigenvalue weighted by molar-refractivity contribution is -0.139. The molecule has 19 heavy (non-hydrogen) atoms. The Kier molecular flexibility index (Phi) is 5.29. The molecule has 1 heterocycles. The number of anilines is 1. The van der Waals surface area contributed by atoms with Gasteiger partial charge in [0.2, 0.25) is 0 Å². The van der Waals surface area contributed by atoms with Gasteiger partial charge in [-0.1, -0.05) is 13.3 Å². The molecule has 104 valence electrons. The minimum Gasteiger partial charge on any atom is -0.480 e. The lowest BCUT2D eigenvalue weighted by Gasteiger charge is -2.15. The standard InChI is InChI=1S/C13H19N3O3/c1-4-5-10(13(18)19)15-12(17)9-6-7-14-11(8-9)16(2)3/h6-8,10H,4-5H2,1-3H3,(H,15,17)(H,18,19)/t10-/m0/s1. The lowest BCUT2D eigenvalue weighted by atomic mass is 10.1. The Hall–Kier alpha value is -2.11. The summed E-state index contributed by atoms with van der Waals surface area (Å²) >= 11 is 0. The minimum absolute atomic E-state index is 0.397. The van der Waals surface area contributed by atoms with E-state index < -0.39 is 17.9 Å². The van der Waals surface area contributed by atoms with Gasteiger partial charge in [-0.05, 0) is 18.6 Å². The molecule has 2 N–H and O–H groups in total. The number of carbonyl (C=O) groups excluding carboxylic acids is 1. The fraction of sp³-hybridized carbons (Fsp3) is 0.462. The highest BCUT2D eigenvalue weighted by Crippen LogP contribution is 2.10. The van der Waals surface area contributed by atoms with Crippen molar-refractivity contribution in [2.24, 2.45) is 0 Å². The Labute approximate surface area is 112 Å². The summed E-state index contributed by atoms with van der Waals surface area (Å²) in [4.78, 5) is 28.9. The number of aromatic nitrogens is 1. The minimum atomic E-state index is -1.02. The predicted molar refractivity (Wildman–Crippen MR) is 72.4 cm³/mol. The SMILES string of the molecule is CCC[C@H](NC(=O)c1ccnc(N(C)C)c1)C(=O)O. The number of nitrogens with zero attached hydrogens (tertiary/aromatic N) is 2. The van der Waals surface area contributed by atoms with Gasteiger partial charge in [0.1, 0.15) is 11.9 Å². The molecule has 0 aliphatic heterocycles. The summed E-state index contributed by atoms with van der Waals surface area (Å²) in [7, 11) is 3.64. The van der Waals surface area contributed by atoms with E-state index in [2.05, 4.69) is 10.3 Å². The van der Waals surface area contributed by atoms with Gasteiger partial charge in [0.15, 0.2) is 0 Å². The molecule has 0 saturated heterocycles. The van der Waals surface area contributed by atoms with E-state index in [0.717, 1.165) is 0 Å². The Balaban J connectivity index is 2.82. The largest absolute Gasteiger partial charge is 0.480 e. The summed E-state index contributed by atoms with van der Waals surface area (Å²) in [5.41, 5.74) is 0.404. The third kappa shape index (κ3) is 4.24. The van der Waals surface area contributed by atoms with Crippen molar-refractivity contribution in [2.45, 2.75) is 25.8 Å². The van der Waals surface area contributed by atoms with Gasteiger partial charge in [-0.15, -0.1) is 0 Å². The second-order valence-corrected chi connectivity index (χ2v) is 4.45. The summed E-state index contributed by atoms with van der Waals surface area (Å²) in [6.45, 7) is 1.87. The summed E-state index contributed by atoms with van der Waals surface area (Å²) in [5.74, 6) is -0.765. The van der Waals surface area contributed by atoms with Crippen LogP contribution in [0, 0.1) is 0 Å². The van der Waals surface area contributed by atoms with Gasteiger partial charge in [0.05, 0.1) is 0 Å². The van der Waals surface area contributed by atoms with Crippen LogP contribution < -0.4 is 10.2 Å². The first-order chi connectivity index (χ1) is 8.95. The summed E-state index contributed by atoms with van der Waals surface area (Å²) in [5, 5.41) is 11.5. The molecule has 1 rings (SSSR count). The number of rotatable bonds is 6. The van der Waals surface area contributed by atoms with Crippen molar-refractivity contribution in [2.75, 3.05) is 19.0 Å². The van der Waals surface area contributed by atoms with Crippen molar-refractivity contribution in [1.29, 1.82) is 0 Å². The van der Waals surface area contributed by atoms with Crippen LogP contribution in [0.4, 0.5) is 5.82 Å². The Morgan fingerprint density at radius 1 is 1.47 bits per heavy atom. The van der Waals surface area contributed by atoms with Crippen molar-refractivity contribution in [1.82, 2.24) is 10.3 Å². The van der Waals surface area contributed by atoms with E-state index in [0.29, 0.717) is 24.2 Å². The van der Waals surface area contributed by atoms with E-state index in [1.54, 1.807) is 17.0 Å². The van der Waals surface area contributed by atoms with Crippen LogP contribution in [0.3, 0.4) is 0 Å². The van der Waals surface area contributed by atoms with Crippen LogP contribution in [0.15, 0.2) is 18.3 Å². The number of carboxylic acid groups (broad SMARTS) is 1. The first-order valence-corrected chi connectivity index (χ1v) is 6.12. The number of carboxylic acids is 1. The molecule has 6 heteroatoms.